The summed E-state index contributed by atoms with van der Waals surface area (Å²) >= 11 is 3.32. The second-order valence-electron chi connectivity index (χ2n) is 3.32. The van der Waals surface area contributed by atoms with E-state index in [-0.39, 0.29) is 5.75 Å². The van der Waals surface area contributed by atoms with Gasteiger partial charge in [-0.3, -0.25) is 4.98 Å². The molecule has 1 heterocycles. The molecule has 0 amide bonds. The Labute approximate surface area is 98.2 Å². The van der Waals surface area contributed by atoms with E-state index in [1.54, 1.807) is 12.4 Å². The maximum Gasteiger partial charge on any atom is 0.148 e. The van der Waals surface area contributed by atoms with Crippen LogP contribution in [0.3, 0.4) is 0 Å². The first kappa shape index (κ1) is 12.6. The monoisotopic (exact) mass is 292 g/mol. The number of sulfone groups is 1. The van der Waals surface area contributed by atoms with Gasteiger partial charge in [-0.05, 0) is 27.6 Å². The number of nitrogens with one attached hydrogen (secondary N) is 1. The molecule has 0 aliphatic carbocycles. The predicted molar refractivity (Wildman–Crippen MR) is 63.4 cm³/mol. The van der Waals surface area contributed by atoms with Crippen molar-refractivity contribution in [2.24, 2.45) is 0 Å². The maximum absolute atomic E-state index is 10.8. The van der Waals surface area contributed by atoms with Crippen LogP contribution in [0.5, 0.6) is 0 Å². The van der Waals surface area contributed by atoms with E-state index in [1.807, 2.05) is 6.07 Å². The topological polar surface area (TPSA) is 59.1 Å². The summed E-state index contributed by atoms with van der Waals surface area (Å²) in [5.74, 6) is 0.161. The highest BCUT2D eigenvalue weighted by Gasteiger charge is 2.01. The molecule has 0 atom stereocenters. The van der Waals surface area contributed by atoms with Crippen molar-refractivity contribution in [1.82, 2.24) is 10.3 Å². The van der Waals surface area contributed by atoms with Gasteiger partial charge in [-0.15, -0.1) is 0 Å². The fourth-order valence-electron chi connectivity index (χ4n) is 1.04. The molecule has 0 aromatic carbocycles. The van der Waals surface area contributed by atoms with Crippen LogP contribution in [0.4, 0.5) is 0 Å². The smallest absolute Gasteiger partial charge is 0.148 e. The van der Waals surface area contributed by atoms with Crippen molar-refractivity contribution in [2.45, 2.75) is 6.54 Å². The highest BCUT2D eigenvalue weighted by molar-refractivity contribution is 9.10. The van der Waals surface area contributed by atoms with Gasteiger partial charge in [0.1, 0.15) is 9.84 Å². The normalized spacial score (nSPS) is 11.6. The van der Waals surface area contributed by atoms with Crippen molar-refractivity contribution in [3.05, 3.63) is 28.5 Å². The zero-order chi connectivity index (χ0) is 11.3. The Morgan fingerprint density at radius 2 is 2.20 bits per heavy atom. The largest absolute Gasteiger partial charge is 0.312 e. The van der Waals surface area contributed by atoms with E-state index in [2.05, 4.69) is 26.2 Å². The molecule has 0 unspecified atom stereocenters. The summed E-state index contributed by atoms with van der Waals surface area (Å²) in [5, 5.41) is 3.05. The van der Waals surface area contributed by atoms with Gasteiger partial charge in [-0.25, -0.2) is 8.42 Å². The van der Waals surface area contributed by atoms with Gasteiger partial charge in [-0.2, -0.15) is 0 Å². The molecule has 15 heavy (non-hydrogen) atoms. The minimum absolute atomic E-state index is 0.161. The van der Waals surface area contributed by atoms with E-state index >= 15 is 0 Å². The van der Waals surface area contributed by atoms with Crippen molar-refractivity contribution in [2.75, 3.05) is 18.6 Å². The van der Waals surface area contributed by atoms with Crippen molar-refractivity contribution >= 4 is 25.8 Å². The van der Waals surface area contributed by atoms with Gasteiger partial charge in [0.25, 0.3) is 0 Å². The molecule has 1 N–H and O–H groups in total. The quantitative estimate of drug-likeness (QED) is 0.822. The Morgan fingerprint density at radius 1 is 1.47 bits per heavy atom. The first-order valence-electron chi connectivity index (χ1n) is 4.45. The number of pyridine rings is 1. The van der Waals surface area contributed by atoms with Crippen molar-refractivity contribution in [3.63, 3.8) is 0 Å². The van der Waals surface area contributed by atoms with Gasteiger partial charge in [-0.1, -0.05) is 0 Å². The molecule has 0 saturated heterocycles. The second kappa shape index (κ2) is 5.58. The summed E-state index contributed by atoms with van der Waals surface area (Å²) in [4.78, 5) is 4.01. The van der Waals surface area contributed by atoms with Crippen LogP contribution in [0.25, 0.3) is 0 Å². The molecule has 0 saturated carbocycles. The number of hydrogen-bond donors (Lipinski definition) is 1. The van der Waals surface area contributed by atoms with Crippen LogP contribution in [0.15, 0.2) is 22.9 Å². The number of aromatic nitrogens is 1. The van der Waals surface area contributed by atoms with Gasteiger partial charge in [0.15, 0.2) is 0 Å². The predicted octanol–water partition coefficient (Wildman–Crippen LogP) is 0.978. The van der Waals surface area contributed by atoms with Crippen molar-refractivity contribution in [1.29, 1.82) is 0 Å². The minimum Gasteiger partial charge on any atom is -0.312 e. The van der Waals surface area contributed by atoms with E-state index in [4.69, 9.17) is 0 Å². The molecule has 1 aromatic rings. The van der Waals surface area contributed by atoms with E-state index < -0.39 is 9.84 Å². The molecule has 0 bridgehead atoms. The van der Waals surface area contributed by atoms with E-state index in [1.165, 1.54) is 6.26 Å². The van der Waals surface area contributed by atoms with Crippen molar-refractivity contribution < 1.29 is 8.42 Å². The summed E-state index contributed by atoms with van der Waals surface area (Å²) in [6.45, 7) is 1.09. The van der Waals surface area contributed by atoms with Crippen LogP contribution in [-0.4, -0.2) is 32.0 Å². The van der Waals surface area contributed by atoms with E-state index in [0.29, 0.717) is 13.1 Å². The highest BCUT2D eigenvalue weighted by Crippen LogP contribution is 2.08. The summed E-state index contributed by atoms with van der Waals surface area (Å²) in [7, 11) is -2.87. The molecule has 6 heteroatoms. The van der Waals surface area contributed by atoms with Gasteiger partial charge >= 0.3 is 0 Å². The first-order chi connectivity index (χ1) is 6.97. The SMILES string of the molecule is CS(=O)(=O)CCNCc1cncc(Br)c1. The summed E-state index contributed by atoms with van der Waals surface area (Å²) in [6.07, 6.45) is 4.69. The van der Waals surface area contributed by atoms with Crippen LogP contribution in [0, 0.1) is 0 Å². The zero-order valence-electron chi connectivity index (χ0n) is 8.40. The third kappa shape index (κ3) is 5.86. The summed E-state index contributed by atoms with van der Waals surface area (Å²) in [6, 6.07) is 1.94. The molecular weight excluding hydrogens is 280 g/mol. The van der Waals surface area contributed by atoms with Crippen molar-refractivity contribution in [3.8, 4) is 0 Å². The Bertz CT molecular complexity index is 420. The standard InChI is InChI=1S/C9H13BrN2O2S/c1-15(13,14)3-2-11-5-8-4-9(10)7-12-6-8/h4,6-7,11H,2-3,5H2,1H3. The number of rotatable bonds is 5. The average molecular weight is 293 g/mol. The molecule has 84 valence electrons. The number of halogens is 1. The number of hydrogen-bond acceptors (Lipinski definition) is 4. The zero-order valence-corrected chi connectivity index (χ0v) is 10.8. The molecule has 0 radical (unpaired) electrons. The lowest BCUT2D eigenvalue weighted by atomic mass is 10.3. The van der Waals surface area contributed by atoms with Gasteiger partial charge in [0.05, 0.1) is 5.75 Å². The van der Waals surface area contributed by atoms with Crippen LogP contribution >= 0.6 is 15.9 Å². The van der Waals surface area contributed by atoms with Gasteiger partial charge in [0, 0.05) is 36.2 Å². The Balaban J connectivity index is 2.32. The minimum atomic E-state index is -2.87. The first-order valence-corrected chi connectivity index (χ1v) is 7.30. The molecule has 1 rings (SSSR count). The average Bonchev–Trinajstić information content (AvgIpc) is 2.11. The van der Waals surface area contributed by atoms with Gasteiger partial charge in [0.2, 0.25) is 0 Å². The Kier molecular flexibility index (Phi) is 4.69. The molecule has 4 nitrogen and oxygen atoms in total. The van der Waals surface area contributed by atoms with E-state index in [9.17, 15) is 8.42 Å². The van der Waals surface area contributed by atoms with Crippen LogP contribution in [0.2, 0.25) is 0 Å². The van der Waals surface area contributed by atoms with Gasteiger partial charge < -0.3 is 5.32 Å². The maximum atomic E-state index is 10.8. The fraction of sp³-hybridized carbons (Fsp3) is 0.444. The highest BCUT2D eigenvalue weighted by atomic mass is 79.9. The summed E-state index contributed by atoms with van der Waals surface area (Å²) in [5.41, 5.74) is 1.03. The lowest BCUT2D eigenvalue weighted by molar-refractivity contribution is 0.596. The molecular formula is C9H13BrN2O2S. The molecule has 0 spiro atoms. The lowest BCUT2D eigenvalue weighted by Crippen LogP contribution is -2.21. The Hall–Kier alpha value is -0.460. The number of nitrogens with zero attached hydrogens (tertiary/aromatic N) is 1. The molecule has 0 fully saturated rings. The van der Waals surface area contributed by atoms with E-state index in [0.717, 1.165) is 10.0 Å². The second-order valence-corrected chi connectivity index (χ2v) is 6.49. The molecule has 1 aromatic heterocycles. The third-order valence-electron chi connectivity index (χ3n) is 1.74. The van der Waals surface area contributed by atoms with Crippen LogP contribution < -0.4 is 5.32 Å². The van der Waals surface area contributed by atoms with Crippen LogP contribution in [0.1, 0.15) is 5.56 Å². The fourth-order valence-corrected chi connectivity index (χ4v) is 1.97. The third-order valence-corrected chi connectivity index (χ3v) is 3.12. The molecule has 0 aliphatic heterocycles. The van der Waals surface area contributed by atoms with Crippen LogP contribution in [-0.2, 0) is 16.4 Å². The lowest BCUT2D eigenvalue weighted by Gasteiger charge is -2.03. The summed E-state index contributed by atoms with van der Waals surface area (Å²) < 4.78 is 22.6. The Morgan fingerprint density at radius 3 is 2.80 bits per heavy atom. The molecule has 0 aliphatic rings.